The van der Waals surface area contributed by atoms with Gasteiger partial charge in [-0.15, -0.1) is 0 Å². The van der Waals surface area contributed by atoms with Gasteiger partial charge in [-0.05, 0) is 35.9 Å². The number of rotatable bonds is 2. The van der Waals surface area contributed by atoms with E-state index in [0.29, 0.717) is 16.8 Å². The van der Waals surface area contributed by atoms with Crippen molar-refractivity contribution in [3.05, 3.63) is 53.6 Å². The van der Waals surface area contributed by atoms with Gasteiger partial charge in [0, 0.05) is 11.3 Å². The highest BCUT2D eigenvalue weighted by molar-refractivity contribution is 5.90. The molecule has 0 saturated heterocycles. The number of nitrogen functional groups attached to an aromatic ring is 1. The van der Waals surface area contributed by atoms with Crippen LogP contribution >= 0.6 is 0 Å². The van der Waals surface area contributed by atoms with Gasteiger partial charge >= 0.3 is 5.97 Å². The molecule has 0 saturated carbocycles. The number of halogens is 2. The SMILES string of the molecule is COC(=O)c1ccc(-c2cc(F)ccc2N)cc1F. The lowest BCUT2D eigenvalue weighted by molar-refractivity contribution is 0.0595. The summed E-state index contributed by atoms with van der Waals surface area (Å²) in [6.45, 7) is 0. The van der Waals surface area contributed by atoms with Crippen molar-refractivity contribution >= 4 is 11.7 Å². The van der Waals surface area contributed by atoms with Gasteiger partial charge in [-0.25, -0.2) is 13.6 Å². The molecule has 0 amide bonds. The van der Waals surface area contributed by atoms with Crippen molar-refractivity contribution in [3.63, 3.8) is 0 Å². The van der Waals surface area contributed by atoms with Gasteiger partial charge in [0.05, 0.1) is 12.7 Å². The summed E-state index contributed by atoms with van der Waals surface area (Å²) in [5, 5.41) is 0. The van der Waals surface area contributed by atoms with Crippen molar-refractivity contribution in [2.24, 2.45) is 0 Å². The number of esters is 1. The third kappa shape index (κ3) is 2.54. The Morgan fingerprint density at radius 3 is 2.53 bits per heavy atom. The maximum atomic E-state index is 13.8. The average molecular weight is 263 g/mol. The zero-order valence-electron chi connectivity index (χ0n) is 10.1. The monoisotopic (exact) mass is 263 g/mol. The predicted molar refractivity (Wildman–Crippen MR) is 67.5 cm³/mol. The second-order valence-corrected chi connectivity index (χ2v) is 3.92. The quantitative estimate of drug-likeness (QED) is 0.669. The van der Waals surface area contributed by atoms with Gasteiger partial charge in [0.1, 0.15) is 11.6 Å². The summed E-state index contributed by atoms with van der Waals surface area (Å²) in [4.78, 5) is 11.3. The number of carbonyl (C=O) groups excluding carboxylic acids is 1. The average Bonchev–Trinajstić information content (AvgIpc) is 2.40. The van der Waals surface area contributed by atoms with Crippen molar-refractivity contribution in [3.8, 4) is 11.1 Å². The maximum Gasteiger partial charge on any atom is 0.340 e. The third-order valence-corrected chi connectivity index (χ3v) is 2.70. The van der Waals surface area contributed by atoms with Crippen LogP contribution < -0.4 is 5.73 Å². The summed E-state index contributed by atoms with van der Waals surface area (Å²) >= 11 is 0. The first-order chi connectivity index (χ1) is 9.02. The first-order valence-electron chi connectivity index (χ1n) is 5.46. The molecule has 98 valence electrons. The summed E-state index contributed by atoms with van der Waals surface area (Å²) in [7, 11) is 1.17. The fourth-order valence-electron chi connectivity index (χ4n) is 1.74. The van der Waals surface area contributed by atoms with E-state index in [2.05, 4.69) is 4.74 Å². The topological polar surface area (TPSA) is 52.3 Å². The lowest BCUT2D eigenvalue weighted by Crippen LogP contribution is -2.04. The molecule has 0 bridgehead atoms. The van der Waals surface area contributed by atoms with Gasteiger partial charge in [0.2, 0.25) is 0 Å². The second-order valence-electron chi connectivity index (χ2n) is 3.92. The van der Waals surface area contributed by atoms with E-state index >= 15 is 0 Å². The second kappa shape index (κ2) is 5.06. The minimum Gasteiger partial charge on any atom is -0.465 e. The van der Waals surface area contributed by atoms with Crippen molar-refractivity contribution in [2.45, 2.75) is 0 Å². The number of methoxy groups -OCH3 is 1. The van der Waals surface area contributed by atoms with Crippen molar-refractivity contribution in [1.29, 1.82) is 0 Å². The minimum atomic E-state index is -0.767. The highest BCUT2D eigenvalue weighted by Gasteiger charge is 2.14. The Morgan fingerprint density at radius 2 is 1.89 bits per heavy atom. The molecule has 0 heterocycles. The number of ether oxygens (including phenoxy) is 1. The third-order valence-electron chi connectivity index (χ3n) is 2.70. The zero-order valence-corrected chi connectivity index (χ0v) is 10.1. The van der Waals surface area contributed by atoms with E-state index in [9.17, 15) is 13.6 Å². The largest absolute Gasteiger partial charge is 0.465 e. The molecular formula is C14H11F2NO2. The maximum absolute atomic E-state index is 13.8. The Kier molecular flexibility index (Phi) is 3.46. The standard InChI is InChI=1S/C14H11F2NO2/c1-19-14(18)10-4-2-8(6-12(10)16)11-7-9(15)3-5-13(11)17/h2-7H,17H2,1H3. The van der Waals surface area contributed by atoms with Crippen molar-refractivity contribution in [2.75, 3.05) is 12.8 Å². The van der Waals surface area contributed by atoms with Crippen LogP contribution in [0, 0.1) is 11.6 Å². The van der Waals surface area contributed by atoms with Crippen molar-refractivity contribution < 1.29 is 18.3 Å². The van der Waals surface area contributed by atoms with E-state index in [1.165, 1.54) is 37.4 Å². The van der Waals surface area contributed by atoms with Crippen LogP contribution in [0.15, 0.2) is 36.4 Å². The van der Waals surface area contributed by atoms with Crippen LogP contribution in [-0.4, -0.2) is 13.1 Å². The Labute approximate surface area is 108 Å². The number of nitrogens with two attached hydrogens (primary N) is 1. The fraction of sp³-hybridized carbons (Fsp3) is 0.0714. The fourth-order valence-corrected chi connectivity index (χ4v) is 1.74. The van der Waals surface area contributed by atoms with E-state index in [-0.39, 0.29) is 5.56 Å². The lowest BCUT2D eigenvalue weighted by atomic mass is 10.0. The molecule has 0 spiro atoms. The van der Waals surface area contributed by atoms with Gasteiger partial charge in [0.15, 0.2) is 0 Å². The summed E-state index contributed by atoms with van der Waals surface area (Å²) in [6, 6.07) is 7.72. The molecule has 0 fully saturated rings. The highest BCUT2D eigenvalue weighted by atomic mass is 19.1. The Bertz CT molecular complexity index is 641. The first kappa shape index (κ1) is 13.0. The van der Waals surface area contributed by atoms with Crippen LogP contribution in [0.25, 0.3) is 11.1 Å². The molecule has 2 N–H and O–H groups in total. The summed E-state index contributed by atoms with van der Waals surface area (Å²) in [6.07, 6.45) is 0. The van der Waals surface area contributed by atoms with E-state index in [0.717, 1.165) is 6.07 Å². The first-order valence-corrected chi connectivity index (χ1v) is 5.46. The van der Waals surface area contributed by atoms with Crippen LogP contribution in [0.4, 0.5) is 14.5 Å². The summed E-state index contributed by atoms with van der Waals surface area (Å²) < 4.78 is 31.4. The normalized spacial score (nSPS) is 10.3. The number of anilines is 1. The summed E-state index contributed by atoms with van der Waals surface area (Å²) in [5.41, 5.74) is 6.62. The zero-order chi connectivity index (χ0) is 14.0. The molecule has 3 nitrogen and oxygen atoms in total. The number of carbonyl (C=O) groups is 1. The smallest absolute Gasteiger partial charge is 0.340 e. The van der Waals surface area contributed by atoms with Crippen LogP contribution in [-0.2, 0) is 4.74 Å². The van der Waals surface area contributed by atoms with E-state index in [4.69, 9.17) is 5.73 Å². The lowest BCUT2D eigenvalue weighted by Gasteiger charge is -2.08. The summed E-state index contributed by atoms with van der Waals surface area (Å²) in [5.74, 6) is -1.98. The van der Waals surface area contributed by atoms with Crippen LogP contribution in [0.5, 0.6) is 0 Å². The number of hydrogen-bond donors (Lipinski definition) is 1. The molecule has 0 radical (unpaired) electrons. The van der Waals surface area contributed by atoms with E-state index in [1.54, 1.807) is 0 Å². The molecule has 19 heavy (non-hydrogen) atoms. The van der Waals surface area contributed by atoms with E-state index < -0.39 is 17.6 Å². The number of benzene rings is 2. The van der Waals surface area contributed by atoms with Crippen LogP contribution in [0.2, 0.25) is 0 Å². The molecule has 0 unspecified atom stereocenters. The molecule has 0 atom stereocenters. The highest BCUT2D eigenvalue weighted by Crippen LogP contribution is 2.28. The molecule has 0 aliphatic carbocycles. The molecule has 0 aliphatic rings. The molecule has 2 aromatic carbocycles. The Balaban J connectivity index is 2.50. The van der Waals surface area contributed by atoms with Crippen LogP contribution in [0.1, 0.15) is 10.4 Å². The Morgan fingerprint density at radius 1 is 1.16 bits per heavy atom. The molecule has 2 rings (SSSR count). The van der Waals surface area contributed by atoms with Gasteiger partial charge in [-0.3, -0.25) is 0 Å². The van der Waals surface area contributed by atoms with Crippen molar-refractivity contribution in [1.82, 2.24) is 0 Å². The molecule has 0 aliphatic heterocycles. The van der Waals surface area contributed by atoms with E-state index in [1.807, 2.05) is 0 Å². The van der Waals surface area contributed by atoms with Gasteiger partial charge in [-0.1, -0.05) is 6.07 Å². The number of hydrogen-bond acceptors (Lipinski definition) is 3. The predicted octanol–water partition coefficient (Wildman–Crippen LogP) is 3.00. The minimum absolute atomic E-state index is 0.179. The van der Waals surface area contributed by atoms with Gasteiger partial charge in [0.25, 0.3) is 0 Å². The van der Waals surface area contributed by atoms with Gasteiger partial charge < -0.3 is 10.5 Å². The molecule has 2 aromatic rings. The van der Waals surface area contributed by atoms with Crippen LogP contribution in [0.3, 0.4) is 0 Å². The molecule has 0 aromatic heterocycles. The van der Waals surface area contributed by atoms with Gasteiger partial charge in [-0.2, -0.15) is 0 Å². The Hall–Kier alpha value is -2.43. The molecule has 5 heteroatoms. The molecular weight excluding hydrogens is 252 g/mol.